The lowest BCUT2D eigenvalue weighted by Gasteiger charge is -2.31. The minimum Gasteiger partial charge on any atom is -0.383 e. The number of rotatable bonds is 4. The van der Waals surface area contributed by atoms with E-state index < -0.39 is 0 Å². The first-order valence-corrected chi connectivity index (χ1v) is 6.74. The van der Waals surface area contributed by atoms with Gasteiger partial charge in [-0.1, -0.05) is 0 Å². The Hall–Kier alpha value is -1.53. The number of nitrogens with one attached hydrogen (secondary N) is 1. The molecule has 0 aromatic carbocycles. The molecule has 1 N–H and O–H groups in total. The monoisotopic (exact) mass is 261 g/mol. The maximum atomic E-state index is 5.16. The van der Waals surface area contributed by atoms with Crippen LogP contribution in [0.2, 0.25) is 0 Å². The van der Waals surface area contributed by atoms with E-state index in [1.54, 1.807) is 19.5 Å². The molecule has 2 aromatic heterocycles. The van der Waals surface area contributed by atoms with E-state index in [9.17, 15) is 0 Å². The largest absolute Gasteiger partial charge is 0.383 e. The number of methoxy groups -OCH3 is 1. The molecular formula is C13H19N5O. The number of hydrogen-bond acceptors (Lipinski definition) is 5. The zero-order valence-electron chi connectivity index (χ0n) is 11.2. The molecule has 102 valence electrons. The quantitative estimate of drug-likeness (QED) is 0.895. The van der Waals surface area contributed by atoms with Gasteiger partial charge >= 0.3 is 0 Å². The van der Waals surface area contributed by atoms with Crippen LogP contribution in [0.15, 0.2) is 12.4 Å². The zero-order valence-corrected chi connectivity index (χ0v) is 11.2. The Labute approximate surface area is 112 Å². The highest BCUT2D eigenvalue weighted by Gasteiger charge is 2.24. The molecule has 0 radical (unpaired) electrons. The lowest BCUT2D eigenvalue weighted by molar-refractivity contribution is 0.128. The zero-order chi connectivity index (χ0) is 13.1. The minimum absolute atomic E-state index is 0.465. The maximum Gasteiger partial charge on any atom is 0.199 e. The Balaban J connectivity index is 1.77. The first-order valence-electron chi connectivity index (χ1n) is 6.74. The number of fused-ring (bicyclic) bond motifs is 1. The predicted molar refractivity (Wildman–Crippen MR) is 72.0 cm³/mol. The van der Waals surface area contributed by atoms with E-state index >= 15 is 0 Å². The van der Waals surface area contributed by atoms with E-state index in [2.05, 4.69) is 25.1 Å². The fourth-order valence-electron chi connectivity index (χ4n) is 2.77. The van der Waals surface area contributed by atoms with Gasteiger partial charge in [-0.3, -0.25) is 5.10 Å². The summed E-state index contributed by atoms with van der Waals surface area (Å²) in [7, 11) is 1.75. The predicted octanol–water partition coefficient (Wildman–Crippen LogP) is 1.18. The van der Waals surface area contributed by atoms with Gasteiger partial charge in [-0.15, -0.1) is 0 Å². The van der Waals surface area contributed by atoms with E-state index in [0.717, 1.165) is 37.5 Å². The van der Waals surface area contributed by atoms with Crippen molar-refractivity contribution in [3.05, 3.63) is 18.1 Å². The normalized spacial score (nSPS) is 21.0. The number of hydrogen-bond donors (Lipinski definition) is 1. The highest BCUT2D eigenvalue weighted by atomic mass is 16.5. The summed E-state index contributed by atoms with van der Waals surface area (Å²) < 4.78 is 5.16. The van der Waals surface area contributed by atoms with E-state index in [1.165, 1.54) is 12.8 Å². The van der Waals surface area contributed by atoms with Gasteiger partial charge in [0.05, 0.1) is 12.3 Å². The van der Waals surface area contributed by atoms with Crippen LogP contribution in [-0.2, 0) is 4.74 Å². The molecule has 3 rings (SSSR count). The standard InChI is InChI=1S/C13H19N5O/c1-19-8-7-18-6-2-3-10(9-18)11-12-13(17-16-11)15-5-4-14-12/h4-5,10H,2-3,6-9H2,1H3,(H,15,16,17). The molecule has 6 heteroatoms. The molecule has 1 unspecified atom stereocenters. The Morgan fingerprint density at radius 2 is 2.32 bits per heavy atom. The lowest BCUT2D eigenvalue weighted by Crippen LogP contribution is -2.36. The number of aromatic amines is 1. The van der Waals surface area contributed by atoms with Crippen LogP contribution in [0.5, 0.6) is 0 Å². The van der Waals surface area contributed by atoms with Gasteiger partial charge in [0.25, 0.3) is 0 Å². The fourth-order valence-corrected chi connectivity index (χ4v) is 2.77. The smallest absolute Gasteiger partial charge is 0.199 e. The molecule has 0 aliphatic carbocycles. The van der Waals surface area contributed by atoms with Crippen LogP contribution in [0.3, 0.4) is 0 Å². The lowest BCUT2D eigenvalue weighted by atomic mass is 9.94. The summed E-state index contributed by atoms with van der Waals surface area (Å²) in [6, 6.07) is 0. The Kier molecular flexibility index (Phi) is 3.70. The van der Waals surface area contributed by atoms with Crippen molar-refractivity contribution in [3.8, 4) is 0 Å². The average Bonchev–Trinajstić information content (AvgIpc) is 2.89. The molecule has 1 aliphatic rings. The van der Waals surface area contributed by atoms with Crippen molar-refractivity contribution in [1.29, 1.82) is 0 Å². The molecule has 1 fully saturated rings. The third kappa shape index (κ3) is 2.59. The molecule has 3 heterocycles. The first-order chi connectivity index (χ1) is 9.38. The number of H-pyrrole nitrogens is 1. The van der Waals surface area contributed by atoms with E-state index in [1.807, 2.05) is 0 Å². The van der Waals surface area contributed by atoms with Gasteiger partial charge in [0.2, 0.25) is 0 Å². The third-order valence-electron chi connectivity index (χ3n) is 3.74. The average molecular weight is 261 g/mol. The van der Waals surface area contributed by atoms with Crippen molar-refractivity contribution < 1.29 is 4.74 Å². The molecule has 0 saturated carbocycles. The van der Waals surface area contributed by atoms with Crippen LogP contribution in [-0.4, -0.2) is 58.4 Å². The van der Waals surface area contributed by atoms with Crippen LogP contribution in [0, 0.1) is 0 Å². The molecule has 19 heavy (non-hydrogen) atoms. The summed E-state index contributed by atoms with van der Waals surface area (Å²) in [6.45, 7) is 3.97. The molecule has 1 saturated heterocycles. The minimum atomic E-state index is 0.465. The van der Waals surface area contributed by atoms with Crippen molar-refractivity contribution in [2.24, 2.45) is 0 Å². The summed E-state index contributed by atoms with van der Waals surface area (Å²) in [5.74, 6) is 0.465. The van der Waals surface area contributed by atoms with Gasteiger partial charge in [-0.05, 0) is 19.4 Å². The SMILES string of the molecule is COCCN1CCCC(c2[nH]nc3nccnc23)C1. The Morgan fingerprint density at radius 3 is 3.21 bits per heavy atom. The second-order valence-corrected chi connectivity index (χ2v) is 5.00. The molecule has 1 atom stereocenters. The Morgan fingerprint density at radius 1 is 1.42 bits per heavy atom. The third-order valence-corrected chi connectivity index (χ3v) is 3.74. The molecule has 1 aliphatic heterocycles. The molecule has 2 aromatic rings. The topological polar surface area (TPSA) is 66.9 Å². The van der Waals surface area contributed by atoms with Crippen LogP contribution in [0.4, 0.5) is 0 Å². The second kappa shape index (κ2) is 5.63. The number of piperidine rings is 1. The number of ether oxygens (including phenoxy) is 1. The van der Waals surface area contributed by atoms with Crippen molar-refractivity contribution >= 4 is 11.2 Å². The van der Waals surface area contributed by atoms with Gasteiger partial charge in [-0.2, -0.15) is 5.10 Å². The number of likely N-dealkylation sites (tertiary alicyclic amines) is 1. The molecule has 0 spiro atoms. The van der Waals surface area contributed by atoms with Gasteiger partial charge in [0, 0.05) is 38.5 Å². The summed E-state index contributed by atoms with van der Waals surface area (Å²) in [6.07, 6.45) is 5.79. The van der Waals surface area contributed by atoms with Crippen molar-refractivity contribution in [1.82, 2.24) is 25.1 Å². The first kappa shape index (κ1) is 12.5. The summed E-state index contributed by atoms with van der Waals surface area (Å²) in [4.78, 5) is 11.1. The van der Waals surface area contributed by atoms with Crippen LogP contribution in [0.1, 0.15) is 24.5 Å². The Bertz CT molecular complexity index is 541. The molecular weight excluding hydrogens is 242 g/mol. The van der Waals surface area contributed by atoms with Crippen LogP contribution < -0.4 is 0 Å². The summed E-state index contributed by atoms with van der Waals surface area (Å²) in [5, 5.41) is 7.37. The highest BCUT2D eigenvalue weighted by molar-refractivity contribution is 5.72. The number of nitrogens with zero attached hydrogens (tertiary/aromatic N) is 4. The maximum absolute atomic E-state index is 5.16. The van der Waals surface area contributed by atoms with E-state index in [-0.39, 0.29) is 0 Å². The van der Waals surface area contributed by atoms with Crippen LogP contribution >= 0.6 is 0 Å². The summed E-state index contributed by atoms with van der Waals surface area (Å²) in [5.41, 5.74) is 2.76. The molecule has 0 amide bonds. The fraction of sp³-hybridized carbons (Fsp3) is 0.615. The summed E-state index contributed by atoms with van der Waals surface area (Å²) >= 11 is 0. The van der Waals surface area contributed by atoms with E-state index in [0.29, 0.717) is 11.6 Å². The van der Waals surface area contributed by atoms with Crippen molar-refractivity contribution in [3.63, 3.8) is 0 Å². The number of aromatic nitrogens is 4. The van der Waals surface area contributed by atoms with Crippen molar-refractivity contribution in [2.75, 3.05) is 33.4 Å². The second-order valence-electron chi connectivity index (χ2n) is 5.00. The van der Waals surface area contributed by atoms with Crippen LogP contribution in [0.25, 0.3) is 11.2 Å². The van der Waals surface area contributed by atoms with E-state index in [4.69, 9.17) is 4.74 Å². The van der Waals surface area contributed by atoms with Gasteiger partial charge in [0.15, 0.2) is 5.65 Å². The van der Waals surface area contributed by atoms with Crippen molar-refractivity contribution in [2.45, 2.75) is 18.8 Å². The molecule has 0 bridgehead atoms. The van der Waals surface area contributed by atoms with Gasteiger partial charge in [-0.25, -0.2) is 9.97 Å². The highest BCUT2D eigenvalue weighted by Crippen LogP contribution is 2.28. The molecule has 6 nitrogen and oxygen atoms in total. The van der Waals surface area contributed by atoms with Gasteiger partial charge < -0.3 is 9.64 Å². The van der Waals surface area contributed by atoms with Gasteiger partial charge in [0.1, 0.15) is 5.52 Å².